The Hall–Kier alpha value is -2.06. The third-order valence-electron chi connectivity index (χ3n) is 4.51. The molecule has 2 aromatic rings. The molecule has 0 aliphatic carbocycles. The lowest BCUT2D eigenvalue weighted by Gasteiger charge is -2.18. The molecule has 1 atom stereocenters. The van der Waals surface area contributed by atoms with Crippen LogP contribution in [0, 0.1) is 5.92 Å². The molecule has 1 aliphatic heterocycles. The number of aromatic nitrogens is 2. The van der Waals surface area contributed by atoms with Gasteiger partial charge in [-0.2, -0.15) is 18.3 Å². The standard InChI is InChI=1S/C18H20ClF3N4O/c19-16-15(23-8-14-6-7-25(10-14)12-18(20,21)22)9-24-26(17(16)27)11-13-4-2-1-3-5-13/h1-5,9,14,23H,6-8,10-12H2. The van der Waals surface area contributed by atoms with Crippen molar-refractivity contribution >= 4 is 17.3 Å². The lowest BCUT2D eigenvalue weighted by atomic mass is 10.1. The molecule has 1 saturated heterocycles. The van der Waals surface area contributed by atoms with Gasteiger partial charge in [0.2, 0.25) is 0 Å². The molecule has 1 aliphatic rings. The van der Waals surface area contributed by atoms with E-state index in [2.05, 4.69) is 10.4 Å². The molecule has 9 heteroatoms. The van der Waals surface area contributed by atoms with Crippen molar-refractivity contribution in [1.29, 1.82) is 0 Å². The minimum Gasteiger partial charge on any atom is -0.382 e. The van der Waals surface area contributed by atoms with Crippen molar-refractivity contribution in [3.63, 3.8) is 0 Å². The van der Waals surface area contributed by atoms with Crippen LogP contribution in [0.4, 0.5) is 18.9 Å². The van der Waals surface area contributed by atoms with E-state index in [1.54, 1.807) is 0 Å². The number of hydrogen-bond acceptors (Lipinski definition) is 4. The summed E-state index contributed by atoms with van der Waals surface area (Å²) in [5.41, 5.74) is 0.926. The molecule has 0 saturated carbocycles. The number of nitrogens with one attached hydrogen (secondary N) is 1. The van der Waals surface area contributed by atoms with Gasteiger partial charge in [-0.25, -0.2) is 4.68 Å². The van der Waals surface area contributed by atoms with Gasteiger partial charge in [0.15, 0.2) is 0 Å². The summed E-state index contributed by atoms with van der Waals surface area (Å²) in [6.45, 7) is 0.646. The number of anilines is 1. The van der Waals surface area contributed by atoms with Gasteiger partial charge in [-0.05, 0) is 24.4 Å². The molecule has 0 bridgehead atoms. The van der Waals surface area contributed by atoms with Gasteiger partial charge in [-0.1, -0.05) is 41.9 Å². The van der Waals surface area contributed by atoms with E-state index >= 15 is 0 Å². The van der Waals surface area contributed by atoms with E-state index in [0.717, 1.165) is 5.56 Å². The highest BCUT2D eigenvalue weighted by atomic mass is 35.5. The number of benzene rings is 1. The predicted molar refractivity (Wildman–Crippen MR) is 98.1 cm³/mol. The van der Waals surface area contributed by atoms with Crippen LogP contribution in [0.25, 0.3) is 0 Å². The van der Waals surface area contributed by atoms with Gasteiger partial charge in [0.05, 0.1) is 25.0 Å². The Balaban J connectivity index is 1.58. The highest BCUT2D eigenvalue weighted by molar-refractivity contribution is 6.32. The third-order valence-corrected chi connectivity index (χ3v) is 4.88. The lowest BCUT2D eigenvalue weighted by Crippen LogP contribution is -2.33. The van der Waals surface area contributed by atoms with Crippen molar-refractivity contribution < 1.29 is 13.2 Å². The maximum Gasteiger partial charge on any atom is 0.401 e. The first-order chi connectivity index (χ1) is 12.8. The summed E-state index contributed by atoms with van der Waals surface area (Å²) in [5.74, 6) is 0.0650. The Morgan fingerprint density at radius 2 is 2.00 bits per heavy atom. The third kappa shape index (κ3) is 5.46. The van der Waals surface area contributed by atoms with E-state index in [0.29, 0.717) is 38.3 Å². The molecule has 0 spiro atoms. The molecular formula is C18H20ClF3N4O. The van der Waals surface area contributed by atoms with Crippen LogP contribution in [0.3, 0.4) is 0 Å². The summed E-state index contributed by atoms with van der Waals surface area (Å²) in [6.07, 6.45) is -2.03. The Morgan fingerprint density at radius 1 is 1.26 bits per heavy atom. The average Bonchev–Trinajstić information content (AvgIpc) is 3.05. The van der Waals surface area contributed by atoms with E-state index in [4.69, 9.17) is 11.6 Å². The minimum atomic E-state index is -4.18. The Labute approximate surface area is 159 Å². The van der Waals surface area contributed by atoms with Gasteiger partial charge in [0.1, 0.15) is 5.02 Å². The molecule has 5 nitrogen and oxygen atoms in total. The molecule has 1 aromatic carbocycles. The van der Waals surface area contributed by atoms with Crippen LogP contribution in [0.2, 0.25) is 5.02 Å². The smallest absolute Gasteiger partial charge is 0.382 e. The minimum absolute atomic E-state index is 0.0334. The van der Waals surface area contributed by atoms with Crippen molar-refractivity contribution in [2.75, 3.05) is 31.5 Å². The first kappa shape index (κ1) is 19.7. The van der Waals surface area contributed by atoms with E-state index < -0.39 is 18.3 Å². The van der Waals surface area contributed by atoms with Gasteiger partial charge < -0.3 is 5.32 Å². The molecule has 146 valence electrons. The summed E-state index contributed by atoms with van der Waals surface area (Å²) in [4.78, 5) is 13.8. The van der Waals surface area contributed by atoms with E-state index in [1.807, 2.05) is 30.3 Å². The number of alkyl halides is 3. The molecule has 2 heterocycles. The van der Waals surface area contributed by atoms with Crippen LogP contribution in [0.15, 0.2) is 41.3 Å². The number of nitrogens with zero attached hydrogens (tertiary/aromatic N) is 3. The van der Waals surface area contributed by atoms with Gasteiger partial charge in [0, 0.05) is 13.1 Å². The van der Waals surface area contributed by atoms with Crippen LogP contribution in [-0.2, 0) is 6.54 Å². The Morgan fingerprint density at radius 3 is 2.70 bits per heavy atom. The zero-order valence-electron chi connectivity index (χ0n) is 14.5. The number of likely N-dealkylation sites (tertiary alicyclic amines) is 1. The number of halogens is 4. The molecule has 1 unspecified atom stereocenters. The lowest BCUT2D eigenvalue weighted by molar-refractivity contribution is -0.143. The average molecular weight is 401 g/mol. The predicted octanol–water partition coefficient (Wildman–Crippen LogP) is 3.24. The van der Waals surface area contributed by atoms with E-state index in [1.165, 1.54) is 15.8 Å². The fraction of sp³-hybridized carbons (Fsp3) is 0.444. The maximum atomic E-state index is 12.5. The normalized spacial score (nSPS) is 18.0. The van der Waals surface area contributed by atoms with Crippen LogP contribution in [-0.4, -0.2) is 47.0 Å². The zero-order chi connectivity index (χ0) is 19.4. The van der Waals surface area contributed by atoms with Gasteiger partial charge in [-0.3, -0.25) is 9.69 Å². The fourth-order valence-corrected chi connectivity index (χ4v) is 3.40. The molecule has 3 rings (SSSR count). The van der Waals surface area contributed by atoms with Gasteiger partial charge >= 0.3 is 6.18 Å². The van der Waals surface area contributed by atoms with Gasteiger partial charge in [0.25, 0.3) is 5.56 Å². The number of rotatable bonds is 6. The first-order valence-corrected chi connectivity index (χ1v) is 9.02. The summed E-state index contributed by atoms with van der Waals surface area (Å²) in [6, 6.07) is 9.42. The van der Waals surface area contributed by atoms with Crippen LogP contribution in [0.1, 0.15) is 12.0 Å². The van der Waals surface area contributed by atoms with Crippen molar-refractivity contribution in [3.05, 3.63) is 57.5 Å². The van der Waals surface area contributed by atoms with E-state index in [9.17, 15) is 18.0 Å². The molecule has 27 heavy (non-hydrogen) atoms. The fourth-order valence-electron chi connectivity index (χ4n) is 3.19. The monoisotopic (exact) mass is 400 g/mol. The summed E-state index contributed by atoms with van der Waals surface area (Å²) >= 11 is 6.17. The molecule has 0 amide bonds. The number of hydrogen-bond donors (Lipinski definition) is 1. The maximum absolute atomic E-state index is 12.5. The summed E-state index contributed by atoms with van der Waals surface area (Å²) in [7, 11) is 0. The van der Waals surface area contributed by atoms with E-state index in [-0.39, 0.29) is 10.9 Å². The topological polar surface area (TPSA) is 50.2 Å². The quantitative estimate of drug-likeness (QED) is 0.808. The van der Waals surface area contributed by atoms with Crippen molar-refractivity contribution in [3.8, 4) is 0 Å². The Kier molecular flexibility index (Phi) is 6.06. The second-order valence-corrected chi connectivity index (χ2v) is 7.08. The first-order valence-electron chi connectivity index (χ1n) is 8.64. The van der Waals surface area contributed by atoms with Crippen LogP contribution < -0.4 is 10.9 Å². The van der Waals surface area contributed by atoms with Crippen molar-refractivity contribution in [2.24, 2.45) is 5.92 Å². The largest absolute Gasteiger partial charge is 0.401 e. The zero-order valence-corrected chi connectivity index (χ0v) is 15.3. The van der Waals surface area contributed by atoms with Crippen LogP contribution >= 0.6 is 11.6 Å². The highest BCUT2D eigenvalue weighted by Gasteiger charge is 2.34. The molecular weight excluding hydrogens is 381 g/mol. The highest BCUT2D eigenvalue weighted by Crippen LogP contribution is 2.24. The molecule has 1 aromatic heterocycles. The molecule has 0 radical (unpaired) electrons. The molecule has 1 N–H and O–H groups in total. The van der Waals surface area contributed by atoms with Crippen molar-refractivity contribution in [1.82, 2.24) is 14.7 Å². The summed E-state index contributed by atoms with van der Waals surface area (Å²) in [5, 5.41) is 7.23. The van der Waals surface area contributed by atoms with Crippen molar-refractivity contribution in [2.45, 2.75) is 19.1 Å². The second kappa shape index (κ2) is 8.31. The van der Waals surface area contributed by atoms with Crippen LogP contribution in [0.5, 0.6) is 0 Å². The summed E-state index contributed by atoms with van der Waals surface area (Å²) < 4.78 is 38.7. The second-order valence-electron chi connectivity index (χ2n) is 6.71. The Bertz CT molecular complexity index is 826. The SMILES string of the molecule is O=c1c(Cl)c(NCC2CCN(CC(F)(F)F)C2)cnn1Cc1ccccc1. The molecule has 1 fully saturated rings. The van der Waals surface area contributed by atoms with Gasteiger partial charge in [-0.15, -0.1) is 0 Å².